The first-order valence-corrected chi connectivity index (χ1v) is 9.93. The minimum atomic E-state index is -0.982. The van der Waals surface area contributed by atoms with Crippen LogP contribution >= 0.6 is 0 Å². The van der Waals surface area contributed by atoms with Crippen molar-refractivity contribution in [3.63, 3.8) is 0 Å². The van der Waals surface area contributed by atoms with Gasteiger partial charge in [-0.2, -0.15) is 0 Å². The number of hydrogen-bond donors (Lipinski definition) is 2. The molecule has 0 atom stereocenters. The third-order valence-electron chi connectivity index (χ3n) is 4.83. The van der Waals surface area contributed by atoms with Crippen LogP contribution in [0.2, 0.25) is 0 Å². The Morgan fingerprint density at radius 1 is 1.07 bits per heavy atom. The number of benzene rings is 1. The standard InChI is InChI=1S/C21H27N3O6/c1-4-10-21(11-5-2)19(28)24(20(29)23-21)12-18(27)30-13-17(26)22-16-8-6-15(7-9-16)14(3)25/h6-9H,4-5,10-13H2,1-3H3,(H,22,26)(H,23,29). The number of urea groups is 1. The lowest BCUT2D eigenvalue weighted by molar-refractivity contribution is -0.150. The summed E-state index contributed by atoms with van der Waals surface area (Å²) in [4.78, 5) is 61.1. The highest BCUT2D eigenvalue weighted by atomic mass is 16.5. The number of amides is 4. The molecule has 0 aromatic heterocycles. The number of nitrogens with zero attached hydrogens (tertiary/aromatic N) is 1. The molecule has 1 aromatic rings. The van der Waals surface area contributed by atoms with Crippen molar-refractivity contribution >= 4 is 35.3 Å². The van der Waals surface area contributed by atoms with Crippen LogP contribution in [0.3, 0.4) is 0 Å². The molecular formula is C21H27N3O6. The molecule has 0 bridgehead atoms. The van der Waals surface area contributed by atoms with Crippen molar-refractivity contribution in [1.82, 2.24) is 10.2 Å². The summed E-state index contributed by atoms with van der Waals surface area (Å²) in [7, 11) is 0. The normalized spacial score (nSPS) is 15.0. The van der Waals surface area contributed by atoms with Gasteiger partial charge in [-0.15, -0.1) is 0 Å². The molecule has 2 rings (SSSR count). The van der Waals surface area contributed by atoms with Crippen molar-refractivity contribution in [2.75, 3.05) is 18.5 Å². The van der Waals surface area contributed by atoms with Crippen LogP contribution in [0.25, 0.3) is 0 Å². The van der Waals surface area contributed by atoms with E-state index >= 15 is 0 Å². The fraction of sp³-hybridized carbons (Fsp3) is 0.476. The highest BCUT2D eigenvalue weighted by molar-refractivity contribution is 6.08. The second kappa shape index (κ2) is 10.00. The Morgan fingerprint density at radius 2 is 1.67 bits per heavy atom. The van der Waals surface area contributed by atoms with Gasteiger partial charge in [-0.3, -0.25) is 24.1 Å². The molecule has 1 fully saturated rings. The minimum Gasteiger partial charge on any atom is -0.454 e. The molecule has 9 nitrogen and oxygen atoms in total. The van der Waals surface area contributed by atoms with E-state index in [0.717, 1.165) is 4.90 Å². The third kappa shape index (κ3) is 5.43. The van der Waals surface area contributed by atoms with Crippen LogP contribution in [0.5, 0.6) is 0 Å². The third-order valence-corrected chi connectivity index (χ3v) is 4.83. The van der Waals surface area contributed by atoms with Crippen LogP contribution in [0.4, 0.5) is 10.5 Å². The Balaban J connectivity index is 1.87. The predicted octanol–water partition coefficient (Wildman–Crippen LogP) is 2.26. The Morgan fingerprint density at radius 3 is 2.20 bits per heavy atom. The number of imide groups is 1. The zero-order valence-corrected chi connectivity index (χ0v) is 17.4. The van der Waals surface area contributed by atoms with E-state index < -0.39 is 42.5 Å². The number of rotatable bonds is 10. The molecule has 2 N–H and O–H groups in total. The molecule has 0 spiro atoms. The highest BCUT2D eigenvalue weighted by Gasteiger charge is 2.50. The first-order chi connectivity index (χ1) is 14.2. The van der Waals surface area contributed by atoms with Gasteiger partial charge in [0.05, 0.1) is 0 Å². The number of nitrogens with one attached hydrogen (secondary N) is 2. The zero-order chi connectivity index (χ0) is 22.3. The number of hydrogen-bond acceptors (Lipinski definition) is 6. The Hall–Kier alpha value is -3.23. The maximum absolute atomic E-state index is 12.7. The molecule has 0 unspecified atom stereocenters. The molecule has 1 saturated heterocycles. The van der Waals surface area contributed by atoms with Gasteiger partial charge in [-0.25, -0.2) is 4.79 Å². The summed E-state index contributed by atoms with van der Waals surface area (Å²) in [6, 6.07) is 5.63. The van der Waals surface area contributed by atoms with Crippen LogP contribution in [0, 0.1) is 0 Å². The second-order valence-corrected chi connectivity index (χ2v) is 7.25. The van der Waals surface area contributed by atoms with Gasteiger partial charge >= 0.3 is 12.0 Å². The summed E-state index contributed by atoms with van der Waals surface area (Å²) >= 11 is 0. The van der Waals surface area contributed by atoms with Crippen molar-refractivity contribution in [2.24, 2.45) is 0 Å². The summed E-state index contributed by atoms with van der Waals surface area (Å²) in [6.07, 6.45) is 2.39. The number of carbonyl (C=O) groups excluding carboxylic acids is 5. The van der Waals surface area contributed by atoms with E-state index in [1.54, 1.807) is 24.3 Å². The van der Waals surface area contributed by atoms with Crippen LogP contribution in [0.1, 0.15) is 56.8 Å². The van der Waals surface area contributed by atoms with Crippen molar-refractivity contribution in [2.45, 2.75) is 52.0 Å². The summed E-state index contributed by atoms with van der Waals surface area (Å²) < 4.78 is 4.91. The Kier molecular flexibility index (Phi) is 7.68. The maximum Gasteiger partial charge on any atom is 0.326 e. The molecule has 30 heavy (non-hydrogen) atoms. The number of ketones is 1. The Labute approximate surface area is 175 Å². The monoisotopic (exact) mass is 417 g/mol. The van der Waals surface area contributed by atoms with E-state index in [1.807, 2.05) is 13.8 Å². The fourth-order valence-electron chi connectivity index (χ4n) is 3.44. The van der Waals surface area contributed by atoms with Crippen LogP contribution in [0.15, 0.2) is 24.3 Å². The summed E-state index contributed by atoms with van der Waals surface area (Å²) in [5.41, 5.74) is -0.0288. The van der Waals surface area contributed by atoms with Gasteiger partial charge in [0.2, 0.25) is 0 Å². The van der Waals surface area contributed by atoms with Gasteiger partial charge in [0.1, 0.15) is 12.1 Å². The Bertz CT molecular complexity index is 828. The maximum atomic E-state index is 12.7. The molecular weight excluding hydrogens is 390 g/mol. The summed E-state index contributed by atoms with van der Waals surface area (Å²) in [6.45, 7) is 4.15. The van der Waals surface area contributed by atoms with E-state index in [0.29, 0.717) is 36.9 Å². The van der Waals surface area contributed by atoms with E-state index in [-0.39, 0.29) is 5.78 Å². The largest absolute Gasteiger partial charge is 0.454 e. The van der Waals surface area contributed by atoms with Crippen LogP contribution < -0.4 is 10.6 Å². The number of Topliss-reactive ketones (excluding diaryl/α,β-unsaturated/α-hetero) is 1. The molecule has 0 radical (unpaired) electrons. The van der Waals surface area contributed by atoms with Gasteiger partial charge in [0.25, 0.3) is 11.8 Å². The first-order valence-electron chi connectivity index (χ1n) is 9.93. The SMILES string of the molecule is CCCC1(CCC)NC(=O)N(CC(=O)OCC(=O)Nc2ccc(C(C)=O)cc2)C1=O. The molecule has 162 valence electrons. The molecule has 9 heteroatoms. The topological polar surface area (TPSA) is 122 Å². The zero-order valence-electron chi connectivity index (χ0n) is 17.4. The van der Waals surface area contributed by atoms with Gasteiger partial charge < -0.3 is 15.4 Å². The van der Waals surface area contributed by atoms with Gasteiger partial charge in [-0.05, 0) is 44.0 Å². The predicted molar refractivity (Wildman–Crippen MR) is 109 cm³/mol. The average molecular weight is 417 g/mol. The van der Waals surface area contributed by atoms with Crippen LogP contribution in [-0.2, 0) is 19.1 Å². The minimum absolute atomic E-state index is 0.0933. The molecule has 0 aliphatic carbocycles. The highest BCUT2D eigenvalue weighted by Crippen LogP contribution is 2.27. The van der Waals surface area contributed by atoms with Crippen molar-refractivity contribution in [1.29, 1.82) is 0 Å². The smallest absolute Gasteiger partial charge is 0.326 e. The second-order valence-electron chi connectivity index (χ2n) is 7.25. The van der Waals surface area contributed by atoms with Crippen LogP contribution in [-0.4, -0.2) is 53.2 Å². The van der Waals surface area contributed by atoms with Gasteiger partial charge in [0, 0.05) is 11.3 Å². The molecule has 4 amide bonds. The van der Waals surface area contributed by atoms with Crippen molar-refractivity contribution in [3.8, 4) is 0 Å². The molecule has 1 aliphatic rings. The lowest BCUT2D eigenvalue weighted by atomic mass is 9.88. The quantitative estimate of drug-likeness (QED) is 0.342. The van der Waals surface area contributed by atoms with Crippen molar-refractivity contribution < 1.29 is 28.7 Å². The van der Waals surface area contributed by atoms with Crippen molar-refractivity contribution in [3.05, 3.63) is 29.8 Å². The molecule has 1 heterocycles. The molecule has 1 aromatic carbocycles. The van der Waals surface area contributed by atoms with E-state index in [4.69, 9.17) is 4.74 Å². The number of ether oxygens (including phenoxy) is 1. The first kappa shape index (κ1) is 23.1. The molecule has 0 saturated carbocycles. The number of carbonyl (C=O) groups is 5. The van der Waals surface area contributed by atoms with Gasteiger partial charge in [-0.1, -0.05) is 26.7 Å². The summed E-state index contributed by atoms with van der Waals surface area (Å²) in [5.74, 6) is -1.97. The number of anilines is 1. The van der Waals surface area contributed by atoms with Gasteiger partial charge in [0.15, 0.2) is 12.4 Å². The lowest BCUT2D eigenvalue weighted by Gasteiger charge is -2.25. The fourth-order valence-corrected chi connectivity index (χ4v) is 3.44. The van der Waals surface area contributed by atoms with E-state index in [2.05, 4.69) is 10.6 Å². The average Bonchev–Trinajstić information content (AvgIpc) is 2.91. The number of esters is 1. The molecule has 1 aliphatic heterocycles. The lowest BCUT2D eigenvalue weighted by Crippen LogP contribution is -2.47. The van der Waals surface area contributed by atoms with E-state index in [9.17, 15) is 24.0 Å². The van der Waals surface area contributed by atoms with E-state index in [1.165, 1.54) is 6.92 Å². The summed E-state index contributed by atoms with van der Waals surface area (Å²) in [5, 5.41) is 5.24.